The van der Waals surface area contributed by atoms with Gasteiger partial charge in [-0.3, -0.25) is 0 Å². The Labute approximate surface area is 114 Å². The lowest BCUT2D eigenvalue weighted by Gasteiger charge is -1.95. The molecule has 0 N–H and O–H groups in total. The Kier molecular flexibility index (Phi) is 1.25. The second-order valence-electron chi connectivity index (χ2n) is 5.57. The van der Waals surface area contributed by atoms with E-state index in [-0.39, 0.29) is 0 Å². The molecular weight excluding hydrogens is 242 g/mol. The highest BCUT2D eigenvalue weighted by molar-refractivity contribution is 6.23. The van der Waals surface area contributed by atoms with Crippen molar-refractivity contribution in [3.63, 3.8) is 0 Å². The average molecular weight is 251 g/mol. The van der Waals surface area contributed by atoms with E-state index in [2.05, 4.69) is 64.7 Å². The van der Waals surface area contributed by atoms with Gasteiger partial charge in [0.25, 0.3) is 0 Å². The van der Waals surface area contributed by atoms with Crippen molar-refractivity contribution in [3.8, 4) is 0 Å². The Bertz CT molecular complexity index is 1310. The van der Waals surface area contributed by atoms with Crippen LogP contribution in [0.3, 0.4) is 0 Å². The Morgan fingerprint density at radius 1 is 0.750 bits per heavy atom. The van der Waals surface area contributed by atoms with Crippen molar-refractivity contribution < 1.29 is 0 Å². The first-order chi connectivity index (χ1) is 9.93. The van der Waals surface area contributed by atoms with E-state index in [1.165, 1.54) is 48.5 Å². The number of hydrogen-bond acceptors (Lipinski definition) is 0. The molecule has 20 heavy (non-hydrogen) atoms. The van der Waals surface area contributed by atoms with Gasteiger partial charge in [-0.1, -0.05) is 36.4 Å². The highest BCUT2D eigenvalue weighted by atomic mass is 14.9. The lowest BCUT2D eigenvalue weighted by molar-refractivity contribution is 1.37. The average Bonchev–Trinajstić information content (AvgIpc) is 3.09. The summed E-state index contributed by atoms with van der Waals surface area (Å²) in [5, 5.41) is 8.02. The van der Waals surface area contributed by atoms with Gasteiger partial charge in [-0.25, -0.2) is 0 Å². The Hall–Kier alpha value is -2.76. The fraction of sp³-hybridized carbons (Fsp3) is 0. The van der Waals surface area contributed by atoms with Crippen LogP contribution in [-0.4, -0.2) is 4.40 Å². The van der Waals surface area contributed by atoms with E-state index in [4.69, 9.17) is 0 Å². The molecule has 0 fully saturated rings. The molecule has 1 aliphatic carbocycles. The molecule has 1 nitrogen and oxygen atoms in total. The standard InChI is InChI=1S/C19H9N/c1-3-7-16-12(5-1)15-10-11-9-14(11)18-13-6-2-4-8-17(13)20(16)19(15)18/h1-8,10H. The number of rotatable bonds is 0. The maximum atomic E-state index is 3.43. The summed E-state index contributed by atoms with van der Waals surface area (Å²) < 4.78 is 2.41. The molecule has 5 aromatic rings. The summed E-state index contributed by atoms with van der Waals surface area (Å²) in [6.45, 7) is 0. The molecule has 0 radical (unpaired) electrons. The highest BCUT2D eigenvalue weighted by Gasteiger charge is 2.19. The molecular formula is C19H9N. The fourth-order valence-electron chi connectivity index (χ4n) is 3.72. The number of hydrogen-bond donors (Lipinski definition) is 0. The van der Waals surface area contributed by atoms with E-state index >= 15 is 0 Å². The summed E-state index contributed by atoms with van der Waals surface area (Å²) in [5.41, 5.74) is 7.39. The molecule has 3 aromatic carbocycles. The molecule has 2 aromatic heterocycles. The van der Waals surface area contributed by atoms with Crippen LogP contribution in [0.25, 0.3) is 43.8 Å². The van der Waals surface area contributed by atoms with Gasteiger partial charge in [0.15, 0.2) is 0 Å². The molecule has 1 heteroatoms. The topological polar surface area (TPSA) is 4.41 Å². The monoisotopic (exact) mass is 251 g/mol. The number of aromatic nitrogens is 1. The van der Waals surface area contributed by atoms with Gasteiger partial charge in [0.05, 0.1) is 16.6 Å². The molecule has 0 bridgehead atoms. The van der Waals surface area contributed by atoms with E-state index in [9.17, 15) is 0 Å². The van der Waals surface area contributed by atoms with Crippen LogP contribution in [0.4, 0.5) is 0 Å². The zero-order valence-corrected chi connectivity index (χ0v) is 10.6. The first-order valence-corrected chi connectivity index (χ1v) is 6.90. The smallest absolute Gasteiger partial charge is 0.0633 e. The van der Waals surface area contributed by atoms with Crippen LogP contribution in [0, 0.1) is 0 Å². The maximum Gasteiger partial charge on any atom is 0.0633 e. The first-order valence-electron chi connectivity index (χ1n) is 6.90. The van der Waals surface area contributed by atoms with Crippen LogP contribution < -0.4 is 10.4 Å². The first kappa shape index (κ1) is 9.19. The lowest BCUT2D eigenvalue weighted by Crippen LogP contribution is -2.06. The van der Waals surface area contributed by atoms with Crippen LogP contribution in [0.1, 0.15) is 0 Å². The van der Waals surface area contributed by atoms with Gasteiger partial charge in [-0.05, 0) is 18.2 Å². The fourth-order valence-corrected chi connectivity index (χ4v) is 3.72. The minimum atomic E-state index is 1.28. The van der Waals surface area contributed by atoms with Gasteiger partial charge in [0, 0.05) is 32.0 Å². The Balaban J connectivity index is 2.19. The summed E-state index contributed by atoms with van der Waals surface area (Å²) in [6, 6.07) is 19.7. The molecule has 0 spiro atoms. The van der Waals surface area contributed by atoms with Crippen molar-refractivity contribution in [2.75, 3.05) is 0 Å². The van der Waals surface area contributed by atoms with E-state index in [0.717, 1.165) is 0 Å². The van der Waals surface area contributed by atoms with Crippen molar-refractivity contribution in [2.24, 2.45) is 0 Å². The summed E-state index contributed by atoms with van der Waals surface area (Å²) >= 11 is 0. The van der Waals surface area contributed by atoms with Crippen LogP contribution in [0.2, 0.25) is 0 Å². The number of nitrogens with zero attached hydrogens (tertiary/aromatic N) is 1. The molecule has 2 heterocycles. The predicted molar refractivity (Wildman–Crippen MR) is 82.9 cm³/mol. The van der Waals surface area contributed by atoms with E-state index in [0.29, 0.717) is 0 Å². The SMILES string of the molecule is C1=c2cc3c4ccccc4n4c5ccccc5c(c2=1)c34. The molecule has 0 saturated carbocycles. The summed E-state index contributed by atoms with van der Waals surface area (Å²) in [5.74, 6) is 0. The van der Waals surface area contributed by atoms with Gasteiger partial charge in [-0.2, -0.15) is 0 Å². The molecule has 0 unspecified atom stereocenters. The van der Waals surface area contributed by atoms with Gasteiger partial charge >= 0.3 is 0 Å². The third-order valence-electron chi connectivity index (χ3n) is 4.57. The second kappa shape index (κ2) is 2.72. The van der Waals surface area contributed by atoms with E-state index < -0.39 is 0 Å². The third-order valence-corrected chi connectivity index (χ3v) is 4.57. The quantitative estimate of drug-likeness (QED) is 0.391. The second-order valence-corrected chi connectivity index (χ2v) is 5.57. The van der Waals surface area contributed by atoms with Gasteiger partial charge in [-0.15, -0.1) is 5.73 Å². The third kappa shape index (κ3) is 0.824. The van der Waals surface area contributed by atoms with Crippen LogP contribution in [-0.2, 0) is 0 Å². The largest absolute Gasteiger partial charge is 0.308 e. The summed E-state index contributed by atoms with van der Waals surface area (Å²) in [7, 11) is 0. The van der Waals surface area contributed by atoms with Crippen molar-refractivity contribution >= 4 is 43.8 Å². The van der Waals surface area contributed by atoms with Crippen LogP contribution in [0.15, 0.2) is 54.6 Å². The summed E-state index contributed by atoms with van der Waals surface area (Å²) in [6.07, 6.45) is 0. The van der Waals surface area contributed by atoms with Crippen LogP contribution >= 0.6 is 0 Å². The van der Waals surface area contributed by atoms with Crippen molar-refractivity contribution in [2.45, 2.75) is 0 Å². The normalized spacial score (nSPS) is 13.0. The number of fused-ring (bicyclic) bond motifs is 8. The minimum absolute atomic E-state index is 1.28. The number of benzene rings is 3. The minimum Gasteiger partial charge on any atom is -0.308 e. The molecule has 0 saturated heterocycles. The lowest BCUT2D eigenvalue weighted by atomic mass is 10.1. The maximum absolute atomic E-state index is 3.43. The number of para-hydroxylation sites is 2. The van der Waals surface area contributed by atoms with E-state index in [1.807, 2.05) is 0 Å². The van der Waals surface area contributed by atoms with Crippen molar-refractivity contribution in [1.82, 2.24) is 4.40 Å². The molecule has 1 aliphatic rings. The molecule has 0 atom stereocenters. The Morgan fingerprint density at radius 3 is 2.30 bits per heavy atom. The zero-order valence-electron chi connectivity index (χ0n) is 10.6. The van der Waals surface area contributed by atoms with Crippen molar-refractivity contribution in [3.05, 3.63) is 65.0 Å². The molecule has 0 aliphatic heterocycles. The molecule has 90 valence electrons. The highest BCUT2D eigenvalue weighted by Crippen LogP contribution is 2.36. The summed E-state index contributed by atoms with van der Waals surface area (Å²) in [4.78, 5) is 0. The van der Waals surface area contributed by atoms with Gasteiger partial charge in [0.2, 0.25) is 0 Å². The van der Waals surface area contributed by atoms with Crippen molar-refractivity contribution in [1.29, 1.82) is 0 Å². The predicted octanol–water partition coefficient (Wildman–Crippen LogP) is 2.90. The molecule has 0 amide bonds. The molecule has 6 rings (SSSR count). The van der Waals surface area contributed by atoms with Gasteiger partial charge in [0.1, 0.15) is 0 Å². The Morgan fingerprint density at radius 2 is 1.45 bits per heavy atom. The van der Waals surface area contributed by atoms with Gasteiger partial charge < -0.3 is 4.40 Å². The zero-order chi connectivity index (χ0) is 12.8. The van der Waals surface area contributed by atoms with E-state index in [1.54, 1.807) is 0 Å². The van der Waals surface area contributed by atoms with Crippen LogP contribution in [0.5, 0.6) is 0 Å².